The van der Waals surface area contributed by atoms with E-state index < -0.39 is 0 Å². The van der Waals surface area contributed by atoms with Crippen molar-refractivity contribution in [3.63, 3.8) is 0 Å². The second-order valence-corrected chi connectivity index (χ2v) is 0. The second-order valence-electron chi connectivity index (χ2n) is 0. The van der Waals surface area contributed by atoms with Crippen LogP contribution in [0, 0.1) is 0 Å². The molecule has 0 bridgehead atoms. The van der Waals surface area contributed by atoms with Gasteiger partial charge < -0.3 is 0 Å². The fourth-order valence-corrected chi connectivity index (χ4v) is 0. The average molecular weight is 83.6 g/mol. The van der Waals surface area contributed by atoms with Crippen LogP contribution in [0.2, 0.25) is 0 Å². The van der Waals surface area contributed by atoms with E-state index in [4.69, 9.17) is 0 Å². The van der Waals surface area contributed by atoms with Crippen LogP contribution in [0.1, 0.15) is 0 Å². The van der Waals surface area contributed by atoms with Gasteiger partial charge in [0.05, 0.1) is 0 Å². The molecule has 0 aromatic carbocycles. The molecule has 0 saturated carbocycles. The first-order valence-electron chi connectivity index (χ1n) is 0. The van der Waals surface area contributed by atoms with Gasteiger partial charge in [0.25, 0.3) is 0 Å². The van der Waals surface area contributed by atoms with Crippen LogP contribution in [-0.4, -0.2) is 35.7 Å². The number of hydrogen-bond acceptors (Lipinski definition) is 0. The normalized spacial score (nSPS) is 0. The molecule has 0 saturated heterocycles. The fraction of sp³-hybridized carbons (Fsp3) is 0. The van der Waals surface area contributed by atoms with Crippen LogP contribution in [0.4, 0.5) is 0 Å². The molecule has 0 aliphatic heterocycles. The first-order chi connectivity index (χ1) is 0. The molecule has 5 heavy (non-hydrogen) atoms. The molecule has 0 aliphatic rings. The SMILES string of the molecule is [BH4-].[BH4-].[LiH].[Na+].[Na+]. The van der Waals surface area contributed by atoms with E-state index in [1.54, 1.807) is 0 Å². The summed E-state index contributed by atoms with van der Waals surface area (Å²) in [5, 5.41) is 0. The van der Waals surface area contributed by atoms with Crippen molar-refractivity contribution in [1.82, 2.24) is 0 Å². The largest absolute Gasteiger partial charge is 1.00 e. The predicted octanol–water partition coefficient (Wildman–Crippen LogP) is -9.54. The standard InChI is InChI=1S/2BH4.Li.2Na.H/h2*1H4;;;;/q2*-1;;2*+1;. The Morgan fingerprint density at radius 2 is 0.600 bits per heavy atom. The molecule has 0 heterocycles. The minimum absolute atomic E-state index is 0. The van der Waals surface area contributed by atoms with Crippen molar-refractivity contribution >= 4 is 35.7 Å². The zero-order valence-electron chi connectivity index (χ0n) is 2.00. The first kappa shape index (κ1) is 47.0. The van der Waals surface area contributed by atoms with Crippen molar-refractivity contribution in [3.05, 3.63) is 0 Å². The molecule has 0 nitrogen and oxygen atoms in total. The molecule has 0 unspecified atom stereocenters. The average Bonchev–Trinajstić information content (AvgIpc) is 0. The van der Waals surface area contributed by atoms with E-state index in [-0.39, 0.29) is 94.8 Å². The van der Waals surface area contributed by atoms with Gasteiger partial charge in [-0.25, -0.2) is 0 Å². The van der Waals surface area contributed by atoms with E-state index in [0.717, 1.165) is 0 Å². The molecule has 0 spiro atoms. The Kier molecular flexibility index (Phi) is 279. The Bertz CT molecular complexity index is 7.61. The van der Waals surface area contributed by atoms with E-state index in [9.17, 15) is 0 Å². The number of hydrogen-bond donors (Lipinski definition) is 0. The van der Waals surface area contributed by atoms with Crippen LogP contribution >= 0.6 is 0 Å². The van der Waals surface area contributed by atoms with E-state index >= 15 is 0 Å². The van der Waals surface area contributed by atoms with Crippen LogP contribution in [0.25, 0.3) is 0 Å². The summed E-state index contributed by atoms with van der Waals surface area (Å²) >= 11 is 0. The number of rotatable bonds is 0. The Morgan fingerprint density at radius 1 is 0.600 bits per heavy atom. The fourth-order valence-electron chi connectivity index (χ4n) is 0. The van der Waals surface area contributed by atoms with Crippen LogP contribution < -0.4 is 59.1 Å². The summed E-state index contributed by atoms with van der Waals surface area (Å²) in [6.07, 6.45) is 0. The van der Waals surface area contributed by atoms with Gasteiger partial charge in [-0.05, 0) is 0 Å². The summed E-state index contributed by atoms with van der Waals surface area (Å²) in [7, 11) is 0. The minimum atomic E-state index is 0. The Balaban J connectivity index is 0. The smallest absolute Gasteiger partial charge is 1.00 e. The first-order valence-corrected chi connectivity index (χ1v) is 0. The maximum atomic E-state index is 0. The van der Waals surface area contributed by atoms with E-state index in [1.807, 2.05) is 0 Å². The van der Waals surface area contributed by atoms with Gasteiger partial charge in [0.1, 0.15) is 0 Å². The maximum absolute atomic E-state index is 0. The van der Waals surface area contributed by atoms with Crippen LogP contribution in [0.5, 0.6) is 0 Å². The Hall–Kier alpha value is 2.73. The molecular formula is H9B2LiNa2. The third-order valence-electron chi connectivity index (χ3n) is 0. The molecule has 18 valence electrons. The van der Waals surface area contributed by atoms with Gasteiger partial charge >= 0.3 is 78.0 Å². The molecule has 0 rings (SSSR count). The molecule has 0 aromatic heterocycles. The van der Waals surface area contributed by atoms with Gasteiger partial charge in [-0.15, -0.1) is 0 Å². The van der Waals surface area contributed by atoms with E-state index in [0.29, 0.717) is 0 Å². The summed E-state index contributed by atoms with van der Waals surface area (Å²) in [5.41, 5.74) is 0. The summed E-state index contributed by atoms with van der Waals surface area (Å²) in [6.45, 7) is 0. The van der Waals surface area contributed by atoms with Crippen molar-refractivity contribution in [1.29, 1.82) is 0 Å². The third kappa shape index (κ3) is 20.2. The Labute approximate surface area is 93.1 Å². The molecule has 0 radical (unpaired) electrons. The van der Waals surface area contributed by atoms with Crippen molar-refractivity contribution in [2.24, 2.45) is 0 Å². The van der Waals surface area contributed by atoms with Crippen LogP contribution in [0.15, 0.2) is 0 Å². The second kappa shape index (κ2) is 29.7. The Morgan fingerprint density at radius 3 is 0.600 bits per heavy atom. The van der Waals surface area contributed by atoms with Crippen molar-refractivity contribution in [2.75, 3.05) is 0 Å². The molecule has 5 heteroatoms. The molecule has 0 N–H and O–H groups in total. The van der Waals surface area contributed by atoms with Gasteiger partial charge in [0.2, 0.25) is 0 Å². The monoisotopic (exact) mass is 84.1 g/mol. The van der Waals surface area contributed by atoms with Crippen molar-refractivity contribution in [2.45, 2.75) is 0 Å². The quantitative estimate of drug-likeness (QED) is 0.255. The van der Waals surface area contributed by atoms with E-state index in [2.05, 4.69) is 0 Å². The van der Waals surface area contributed by atoms with Crippen LogP contribution in [0.3, 0.4) is 0 Å². The van der Waals surface area contributed by atoms with Crippen LogP contribution in [-0.2, 0) is 0 Å². The molecule has 0 fully saturated rings. The summed E-state index contributed by atoms with van der Waals surface area (Å²) < 4.78 is 0. The van der Waals surface area contributed by atoms with Gasteiger partial charge in [-0.1, -0.05) is 16.8 Å². The van der Waals surface area contributed by atoms with Crippen molar-refractivity contribution in [3.8, 4) is 0 Å². The topological polar surface area (TPSA) is 0 Å². The summed E-state index contributed by atoms with van der Waals surface area (Å²) in [4.78, 5) is 0. The van der Waals surface area contributed by atoms with Gasteiger partial charge in [-0.2, -0.15) is 0 Å². The third-order valence-corrected chi connectivity index (χ3v) is 0. The molecule has 0 amide bonds. The zero-order chi connectivity index (χ0) is 0. The molecule has 0 aliphatic carbocycles. The maximum Gasteiger partial charge on any atom is 1.00 e. The summed E-state index contributed by atoms with van der Waals surface area (Å²) in [6, 6.07) is 0. The van der Waals surface area contributed by atoms with Gasteiger partial charge in [-0.3, -0.25) is 0 Å². The summed E-state index contributed by atoms with van der Waals surface area (Å²) in [5.74, 6) is 0. The molecular weight excluding hydrogens is 74.5 g/mol. The zero-order valence-corrected chi connectivity index (χ0v) is 6.00. The van der Waals surface area contributed by atoms with E-state index in [1.165, 1.54) is 0 Å². The van der Waals surface area contributed by atoms with Gasteiger partial charge in [0.15, 0.2) is 0 Å². The predicted molar refractivity (Wildman–Crippen MR) is 29.8 cm³/mol. The van der Waals surface area contributed by atoms with Gasteiger partial charge in [0, 0.05) is 0 Å². The molecule has 0 atom stereocenters. The van der Waals surface area contributed by atoms with Crippen molar-refractivity contribution < 1.29 is 59.1 Å². The minimum Gasteiger partial charge on any atom is 1.00 e. The molecule has 0 aromatic rings.